The van der Waals surface area contributed by atoms with Crippen molar-refractivity contribution in [1.82, 2.24) is 20.3 Å². The third kappa shape index (κ3) is 5.82. The molecule has 1 aromatic carbocycles. The van der Waals surface area contributed by atoms with Crippen LogP contribution in [0.5, 0.6) is 5.75 Å². The maximum absolute atomic E-state index is 12.1. The van der Waals surface area contributed by atoms with E-state index in [1.165, 1.54) is 18.2 Å². The molecule has 1 aromatic heterocycles. The van der Waals surface area contributed by atoms with Gasteiger partial charge >= 0.3 is 6.36 Å². The van der Waals surface area contributed by atoms with Crippen LogP contribution in [0.25, 0.3) is 0 Å². The van der Waals surface area contributed by atoms with Crippen molar-refractivity contribution in [2.75, 3.05) is 6.54 Å². The van der Waals surface area contributed by atoms with Gasteiger partial charge in [0.15, 0.2) is 0 Å². The number of nitrogens with one attached hydrogen (secondary N) is 1. The van der Waals surface area contributed by atoms with Crippen LogP contribution in [0.15, 0.2) is 36.7 Å². The van der Waals surface area contributed by atoms with Crippen LogP contribution < -0.4 is 10.1 Å². The van der Waals surface area contributed by atoms with E-state index in [9.17, 15) is 13.2 Å². The molecule has 0 fully saturated rings. The molecule has 0 atom stereocenters. The molecule has 0 unspecified atom stereocenters. The summed E-state index contributed by atoms with van der Waals surface area (Å²) in [5, 5.41) is 10.7. The minimum Gasteiger partial charge on any atom is -0.406 e. The molecule has 0 aliphatic carbocycles. The number of aromatic nitrogens is 3. The van der Waals surface area contributed by atoms with Crippen molar-refractivity contribution < 1.29 is 17.9 Å². The summed E-state index contributed by atoms with van der Waals surface area (Å²) < 4.78 is 41.9. The van der Waals surface area contributed by atoms with E-state index < -0.39 is 6.36 Å². The average Bonchev–Trinajstić information content (AvgIpc) is 2.90. The van der Waals surface area contributed by atoms with Gasteiger partial charge in [0.25, 0.3) is 0 Å². The van der Waals surface area contributed by atoms with Crippen LogP contribution in [0.4, 0.5) is 13.2 Å². The zero-order chi connectivity index (χ0) is 15.1. The third-order valence-electron chi connectivity index (χ3n) is 2.67. The molecule has 5 nitrogen and oxygen atoms in total. The van der Waals surface area contributed by atoms with Crippen LogP contribution in [-0.4, -0.2) is 27.9 Å². The highest BCUT2D eigenvalue weighted by Crippen LogP contribution is 2.23. The van der Waals surface area contributed by atoms with Gasteiger partial charge in [0, 0.05) is 19.3 Å². The summed E-state index contributed by atoms with van der Waals surface area (Å²) in [5.41, 5.74) is 0.734. The van der Waals surface area contributed by atoms with E-state index in [-0.39, 0.29) is 5.75 Å². The number of ether oxygens (including phenoxy) is 1. The molecule has 2 rings (SSSR count). The molecule has 0 spiro atoms. The molecule has 21 heavy (non-hydrogen) atoms. The Kier molecular flexibility index (Phi) is 5.15. The Morgan fingerprint density at radius 2 is 2.14 bits per heavy atom. The van der Waals surface area contributed by atoms with Crippen molar-refractivity contribution in [1.29, 1.82) is 0 Å². The molecule has 114 valence electrons. The summed E-state index contributed by atoms with van der Waals surface area (Å²) in [7, 11) is 0. The molecule has 1 heterocycles. The first kappa shape index (κ1) is 15.3. The van der Waals surface area contributed by atoms with E-state index in [2.05, 4.69) is 20.4 Å². The Morgan fingerprint density at radius 3 is 2.86 bits per heavy atom. The van der Waals surface area contributed by atoms with Crippen LogP contribution >= 0.6 is 0 Å². The highest BCUT2D eigenvalue weighted by Gasteiger charge is 2.31. The molecule has 0 radical (unpaired) electrons. The van der Waals surface area contributed by atoms with Crippen molar-refractivity contribution in [3.8, 4) is 5.75 Å². The summed E-state index contributed by atoms with van der Waals surface area (Å²) >= 11 is 0. The fraction of sp³-hybridized carbons (Fsp3) is 0.385. The van der Waals surface area contributed by atoms with E-state index in [4.69, 9.17) is 0 Å². The lowest BCUT2D eigenvalue weighted by Crippen LogP contribution is -2.18. The van der Waals surface area contributed by atoms with Gasteiger partial charge in [0.2, 0.25) is 0 Å². The molecule has 0 aliphatic rings. The maximum atomic E-state index is 12.1. The molecular formula is C13H15F3N4O. The van der Waals surface area contributed by atoms with Gasteiger partial charge in [-0.15, -0.1) is 18.3 Å². The van der Waals surface area contributed by atoms with E-state index in [0.29, 0.717) is 6.54 Å². The summed E-state index contributed by atoms with van der Waals surface area (Å²) in [6.07, 6.45) is -0.427. The van der Waals surface area contributed by atoms with E-state index in [0.717, 1.165) is 25.1 Å². The van der Waals surface area contributed by atoms with Gasteiger partial charge in [-0.1, -0.05) is 17.3 Å². The molecule has 0 bridgehead atoms. The highest BCUT2D eigenvalue weighted by atomic mass is 19.4. The van der Waals surface area contributed by atoms with E-state index >= 15 is 0 Å². The molecule has 8 heteroatoms. The Hall–Kier alpha value is -2.09. The monoisotopic (exact) mass is 300 g/mol. The fourth-order valence-electron chi connectivity index (χ4n) is 1.80. The average molecular weight is 300 g/mol. The number of halogens is 3. The summed E-state index contributed by atoms with van der Waals surface area (Å²) in [6.45, 7) is 1.95. The molecular weight excluding hydrogens is 285 g/mol. The zero-order valence-electron chi connectivity index (χ0n) is 11.2. The van der Waals surface area contributed by atoms with E-state index in [1.54, 1.807) is 23.1 Å². The number of hydrogen-bond acceptors (Lipinski definition) is 4. The first-order chi connectivity index (χ1) is 10.0. The molecule has 0 saturated carbocycles. The zero-order valence-corrected chi connectivity index (χ0v) is 11.2. The summed E-state index contributed by atoms with van der Waals surface area (Å²) in [6, 6.07) is 5.93. The SMILES string of the molecule is FC(F)(F)Oc1cccc(CNCCCn2ccnn2)c1. The van der Waals surface area contributed by atoms with Gasteiger partial charge < -0.3 is 10.1 Å². The standard InChI is InChI=1S/C13H15F3N4O/c14-13(15,16)21-12-4-1-3-11(9-12)10-17-5-2-7-20-8-6-18-19-20/h1,3-4,6,8-9,17H,2,5,7,10H2. The molecule has 2 aromatic rings. The number of nitrogens with zero attached hydrogens (tertiary/aromatic N) is 3. The van der Waals surface area contributed by atoms with E-state index in [1.807, 2.05) is 0 Å². The van der Waals surface area contributed by atoms with Crippen molar-refractivity contribution >= 4 is 0 Å². The second-order valence-electron chi connectivity index (χ2n) is 4.39. The molecule has 0 saturated heterocycles. The van der Waals surface area contributed by atoms with Gasteiger partial charge in [-0.2, -0.15) is 0 Å². The number of benzene rings is 1. The third-order valence-corrected chi connectivity index (χ3v) is 2.67. The minimum absolute atomic E-state index is 0.204. The second kappa shape index (κ2) is 7.07. The van der Waals surface area contributed by atoms with Crippen molar-refractivity contribution in [2.45, 2.75) is 25.9 Å². The second-order valence-corrected chi connectivity index (χ2v) is 4.39. The summed E-state index contributed by atoms with van der Waals surface area (Å²) in [5.74, 6) is -0.204. The molecule has 0 amide bonds. The fourth-order valence-corrected chi connectivity index (χ4v) is 1.80. The number of hydrogen-bond donors (Lipinski definition) is 1. The number of aryl methyl sites for hydroxylation is 1. The Balaban J connectivity index is 1.71. The van der Waals surface area contributed by atoms with Gasteiger partial charge in [0.1, 0.15) is 5.75 Å². The van der Waals surface area contributed by atoms with Crippen LogP contribution in [0.3, 0.4) is 0 Å². The van der Waals surface area contributed by atoms with Gasteiger partial charge in [0.05, 0.1) is 6.20 Å². The van der Waals surface area contributed by atoms with Crippen LogP contribution in [-0.2, 0) is 13.1 Å². The lowest BCUT2D eigenvalue weighted by Gasteiger charge is -2.10. The smallest absolute Gasteiger partial charge is 0.406 e. The van der Waals surface area contributed by atoms with Crippen LogP contribution in [0.1, 0.15) is 12.0 Å². The minimum atomic E-state index is -4.66. The lowest BCUT2D eigenvalue weighted by molar-refractivity contribution is -0.274. The molecule has 0 aliphatic heterocycles. The largest absolute Gasteiger partial charge is 0.573 e. The van der Waals surface area contributed by atoms with Crippen molar-refractivity contribution in [2.24, 2.45) is 0 Å². The number of rotatable bonds is 7. The normalized spacial score (nSPS) is 11.6. The van der Waals surface area contributed by atoms with Crippen molar-refractivity contribution in [3.63, 3.8) is 0 Å². The molecule has 1 N–H and O–H groups in total. The number of alkyl halides is 3. The maximum Gasteiger partial charge on any atom is 0.573 e. The van der Waals surface area contributed by atoms with Crippen LogP contribution in [0, 0.1) is 0 Å². The predicted molar refractivity (Wildman–Crippen MR) is 69.5 cm³/mol. The Labute approximate surface area is 119 Å². The topological polar surface area (TPSA) is 52.0 Å². The quantitative estimate of drug-likeness (QED) is 0.798. The van der Waals surface area contributed by atoms with Gasteiger partial charge in [-0.25, -0.2) is 0 Å². The highest BCUT2D eigenvalue weighted by molar-refractivity contribution is 5.28. The Bertz CT molecular complexity index is 543. The summed E-state index contributed by atoms with van der Waals surface area (Å²) in [4.78, 5) is 0. The van der Waals surface area contributed by atoms with Crippen molar-refractivity contribution in [3.05, 3.63) is 42.2 Å². The van der Waals surface area contributed by atoms with Crippen LogP contribution in [0.2, 0.25) is 0 Å². The van der Waals surface area contributed by atoms with Gasteiger partial charge in [-0.3, -0.25) is 4.68 Å². The first-order valence-electron chi connectivity index (χ1n) is 6.42. The first-order valence-corrected chi connectivity index (χ1v) is 6.42. The lowest BCUT2D eigenvalue weighted by atomic mass is 10.2. The van der Waals surface area contributed by atoms with Gasteiger partial charge in [-0.05, 0) is 30.7 Å². The predicted octanol–water partition coefficient (Wildman–Crippen LogP) is 2.36. The Morgan fingerprint density at radius 1 is 1.29 bits per heavy atom.